The lowest BCUT2D eigenvalue weighted by molar-refractivity contribution is 0.586. The Morgan fingerprint density at radius 1 is 1.06 bits per heavy atom. The van der Waals surface area contributed by atoms with E-state index in [1.807, 2.05) is 13.0 Å². The van der Waals surface area contributed by atoms with Crippen LogP contribution in [0.15, 0.2) is 47.5 Å². The summed E-state index contributed by atoms with van der Waals surface area (Å²) in [6, 6.07) is 10.3. The lowest BCUT2D eigenvalue weighted by Crippen LogP contribution is -2.13. The summed E-state index contributed by atoms with van der Waals surface area (Å²) in [5.74, 6) is 0. The monoisotopic (exact) mass is 235 g/mol. The first kappa shape index (κ1) is 11.0. The van der Waals surface area contributed by atoms with Gasteiger partial charge in [-0.05, 0) is 37.6 Å². The lowest BCUT2D eigenvalue weighted by Gasteiger charge is -2.07. The Balaban J connectivity index is 2.61. The zero-order valence-electron chi connectivity index (χ0n) is 9.21. The van der Waals surface area contributed by atoms with Crippen LogP contribution in [0.25, 0.3) is 0 Å². The van der Waals surface area contributed by atoms with Gasteiger partial charge in [-0.1, -0.05) is 18.2 Å². The molecular formula is C12H13NO2S. The minimum atomic E-state index is -3.43. The molecule has 0 amide bonds. The van der Waals surface area contributed by atoms with Crippen LogP contribution >= 0.6 is 0 Å². The maximum absolute atomic E-state index is 12.2. The fourth-order valence-electron chi connectivity index (χ4n) is 1.68. The highest BCUT2D eigenvalue weighted by atomic mass is 32.2. The number of aryl methyl sites for hydroxylation is 2. The van der Waals surface area contributed by atoms with Crippen LogP contribution in [-0.2, 0) is 10.0 Å². The minimum absolute atomic E-state index is 0.314. The third kappa shape index (κ3) is 1.76. The Morgan fingerprint density at radius 2 is 1.69 bits per heavy atom. The van der Waals surface area contributed by atoms with E-state index in [1.54, 1.807) is 43.5 Å². The Morgan fingerprint density at radius 3 is 2.19 bits per heavy atom. The van der Waals surface area contributed by atoms with Crippen LogP contribution in [0.1, 0.15) is 11.3 Å². The quantitative estimate of drug-likeness (QED) is 0.801. The van der Waals surface area contributed by atoms with Crippen molar-refractivity contribution in [2.45, 2.75) is 18.7 Å². The summed E-state index contributed by atoms with van der Waals surface area (Å²) in [6.45, 7) is 3.66. The van der Waals surface area contributed by atoms with Crippen molar-refractivity contribution in [2.24, 2.45) is 0 Å². The highest BCUT2D eigenvalue weighted by molar-refractivity contribution is 7.90. The van der Waals surface area contributed by atoms with Crippen LogP contribution < -0.4 is 0 Å². The molecule has 4 heteroatoms. The molecule has 1 heterocycles. The number of nitrogens with zero attached hydrogens (tertiary/aromatic N) is 1. The summed E-state index contributed by atoms with van der Waals surface area (Å²) in [7, 11) is -3.43. The first-order valence-electron chi connectivity index (χ1n) is 4.98. The average Bonchev–Trinajstić information content (AvgIpc) is 2.60. The van der Waals surface area contributed by atoms with Crippen molar-refractivity contribution < 1.29 is 8.42 Å². The molecule has 0 spiro atoms. The van der Waals surface area contributed by atoms with Crippen molar-refractivity contribution in [1.82, 2.24) is 3.97 Å². The zero-order chi connectivity index (χ0) is 11.8. The van der Waals surface area contributed by atoms with E-state index in [9.17, 15) is 8.42 Å². The van der Waals surface area contributed by atoms with E-state index in [4.69, 9.17) is 0 Å². The molecule has 0 atom stereocenters. The standard InChI is InChI=1S/C12H13NO2S/c1-10-8-11(2)13(9-10)16(14,15)12-6-4-3-5-7-12/h3-9H,1-2H3. The topological polar surface area (TPSA) is 39.1 Å². The molecule has 0 aliphatic heterocycles. The second kappa shape index (κ2) is 3.79. The second-order valence-electron chi connectivity index (χ2n) is 3.77. The van der Waals surface area contributed by atoms with Gasteiger partial charge in [0.15, 0.2) is 0 Å². The van der Waals surface area contributed by atoms with Gasteiger partial charge in [0.2, 0.25) is 0 Å². The molecule has 0 saturated carbocycles. The molecule has 0 radical (unpaired) electrons. The van der Waals surface area contributed by atoms with Crippen molar-refractivity contribution >= 4 is 10.0 Å². The number of hydrogen-bond acceptors (Lipinski definition) is 2. The number of benzene rings is 1. The maximum Gasteiger partial charge on any atom is 0.267 e. The molecule has 1 aromatic heterocycles. The molecule has 2 rings (SSSR count). The van der Waals surface area contributed by atoms with Crippen LogP contribution in [-0.4, -0.2) is 12.4 Å². The van der Waals surface area contributed by atoms with E-state index >= 15 is 0 Å². The van der Waals surface area contributed by atoms with E-state index in [2.05, 4.69) is 0 Å². The highest BCUT2D eigenvalue weighted by Gasteiger charge is 2.17. The summed E-state index contributed by atoms with van der Waals surface area (Å²) >= 11 is 0. The minimum Gasteiger partial charge on any atom is -0.246 e. The summed E-state index contributed by atoms with van der Waals surface area (Å²) in [5, 5.41) is 0. The summed E-state index contributed by atoms with van der Waals surface area (Å²) < 4.78 is 25.8. The molecule has 1 aromatic carbocycles. The first-order valence-corrected chi connectivity index (χ1v) is 6.42. The molecule has 0 N–H and O–H groups in total. The second-order valence-corrected chi connectivity index (χ2v) is 5.59. The molecule has 0 aliphatic carbocycles. The molecule has 0 aliphatic rings. The van der Waals surface area contributed by atoms with Crippen LogP contribution in [0.4, 0.5) is 0 Å². The Kier molecular flexibility index (Phi) is 2.59. The Hall–Kier alpha value is -1.55. The van der Waals surface area contributed by atoms with Gasteiger partial charge in [-0.15, -0.1) is 0 Å². The van der Waals surface area contributed by atoms with E-state index in [-0.39, 0.29) is 0 Å². The van der Waals surface area contributed by atoms with Gasteiger partial charge in [0.25, 0.3) is 10.0 Å². The molecule has 16 heavy (non-hydrogen) atoms. The SMILES string of the molecule is Cc1cc(C)n(S(=O)(=O)c2ccccc2)c1. The molecule has 0 fully saturated rings. The molecule has 3 nitrogen and oxygen atoms in total. The van der Waals surface area contributed by atoms with Gasteiger partial charge < -0.3 is 0 Å². The van der Waals surface area contributed by atoms with Gasteiger partial charge in [-0.2, -0.15) is 0 Å². The fraction of sp³-hybridized carbons (Fsp3) is 0.167. The van der Waals surface area contributed by atoms with Gasteiger partial charge in [-0.25, -0.2) is 12.4 Å². The zero-order valence-corrected chi connectivity index (χ0v) is 10.0. The Bertz CT molecular complexity index is 597. The molecular weight excluding hydrogens is 222 g/mol. The van der Waals surface area contributed by atoms with Crippen molar-refractivity contribution in [3.05, 3.63) is 53.9 Å². The molecule has 2 aromatic rings. The first-order chi connectivity index (χ1) is 7.51. The van der Waals surface area contributed by atoms with Gasteiger partial charge in [0, 0.05) is 11.9 Å². The highest BCUT2D eigenvalue weighted by Crippen LogP contribution is 2.17. The van der Waals surface area contributed by atoms with E-state index in [1.165, 1.54) is 3.97 Å². The summed E-state index contributed by atoms with van der Waals surface area (Å²) in [4.78, 5) is 0.314. The smallest absolute Gasteiger partial charge is 0.246 e. The van der Waals surface area contributed by atoms with E-state index < -0.39 is 10.0 Å². The number of hydrogen-bond donors (Lipinski definition) is 0. The van der Waals surface area contributed by atoms with Crippen LogP contribution in [0, 0.1) is 13.8 Å². The molecule has 0 bridgehead atoms. The van der Waals surface area contributed by atoms with E-state index in [0.29, 0.717) is 4.90 Å². The van der Waals surface area contributed by atoms with Gasteiger partial charge in [-0.3, -0.25) is 0 Å². The third-order valence-corrected chi connectivity index (χ3v) is 4.18. The number of aromatic nitrogens is 1. The summed E-state index contributed by atoms with van der Waals surface area (Å²) in [5.41, 5.74) is 1.67. The van der Waals surface area contributed by atoms with Gasteiger partial charge in [0.1, 0.15) is 0 Å². The lowest BCUT2D eigenvalue weighted by atomic mass is 10.4. The van der Waals surface area contributed by atoms with Crippen molar-refractivity contribution in [3.8, 4) is 0 Å². The molecule has 84 valence electrons. The van der Waals surface area contributed by atoms with Gasteiger partial charge in [0.05, 0.1) is 4.90 Å². The summed E-state index contributed by atoms with van der Waals surface area (Å²) in [6.07, 6.45) is 1.64. The molecule has 0 unspecified atom stereocenters. The fourth-order valence-corrected chi connectivity index (χ4v) is 3.15. The average molecular weight is 235 g/mol. The normalized spacial score (nSPS) is 11.6. The van der Waals surface area contributed by atoms with E-state index in [0.717, 1.165) is 11.3 Å². The van der Waals surface area contributed by atoms with Crippen molar-refractivity contribution in [1.29, 1.82) is 0 Å². The van der Waals surface area contributed by atoms with Crippen molar-refractivity contribution in [2.75, 3.05) is 0 Å². The molecule has 0 saturated heterocycles. The largest absolute Gasteiger partial charge is 0.267 e. The van der Waals surface area contributed by atoms with Crippen LogP contribution in [0.3, 0.4) is 0 Å². The van der Waals surface area contributed by atoms with Gasteiger partial charge >= 0.3 is 0 Å². The van der Waals surface area contributed by atoms with Crippen LogP contribution in [0.2, 0.25) is 0 Å². The van der Waals surface area contributed by atoms with Crippen molar-refractivity contribution in [3.63, 3.8) is 0 Å². The predicted octanol–water partition coefficient (Wildman–Crippen LogP) is 2.34. The number of rotatable bonds is 2. The maximum atomic E-state index is 12.2. The predicted molar refractivity (Wildman–Crippen MR) is 62.9 cm³/mol. The third-order valence-electron chi connectivity index (χ3n) is 2.41. The Labute approximate surface area is 95.4 Å². The van der Waals surface area contributed by atoms with Crippen LogP contribution in [0.5, 0.6) is 0 Å².